The molecule has 0 aliphatic heterocycles. The van der Waals surface area contributed by atoms with E-state index in [0.29, 0.717) is 6.61 Å². The summed E-state index contributed by atoms with van der Waals surface area (Å²) < 4.78 is 4.74. The molecule has 0 radical (unpaired) electrons. The molecule has 0 aliphatic carbocycles. The van der Waals surface area contributed by atoms with E-state index < -0.39 is 0 Å². The van der Waals surface area contributed by atoms with Crippen molar-refractivity contribution in [2.24, 2.45) is 0 Å². The molecule has 1 aromatic rings. The molecule has 0 amide bonds. The van der Waals surface area contributed by atoms with Crippen LogP contribution in [-0.4, -0.2) is 12.6 Å². The van der Waals surface area contributed by atoms with Crippen LogP contribution in [0.15, 0.2) is 36.4 Å². The van der Waals surface area contributed by atoms with Gasteiger partial charge in [0.15, 0.2) is 0 Å². The maximum absolute atomic E-state index is 10.9. The highest BCUT2D eigenvalue weighted by Gasteiger charge is 1.92. The van der Waals surface area contributed by atoms with Gasteiger partial charge in [0, 0.05) is 6.08 Å². The molecule has 0 atom stereocenters. The average molecular weight is 278 g/mol. The predicted octanol–water partition coefficient (Wildman–Crippen LogP) is 5.49. The summed E-state index contributed by atoms with van der Waals surface area (Å²) in [7, 11) is 0. The Morgan fingerprint density at radius 1 is 1.05 bits per heavy atom. The van der Waals surface area contributed by atoms with Crippen molar-refractivity contribution in [3.05, 3.63) is 42.0 Å². The summed E-state index contributed by atoms with van der Waals surface area (Å²) in [4.78, 5) is 10.9. The predicted molar refractivity (Wildman–Crippen MR) is 88.7 cm³/mol. The van der Waals surface area contributed by atoms with Gasteiger partial charge in [0.2, 0.25) is 0 Å². The van der Waals surface area contributed by atoms with Gasteiger partial charge in [0.25, 0.3) is 0 Å². The van der Waals surface area contributed by atoms with E-state index in [1.807, 2.05) is 44.2 Å². The van der Waals surface area contributed by atoms with Crippen LogP contribution in [0.1, 0.15) is 59.4 Å². The first-order valence-electron chi connectivity index (χ1n) is 7.64. The van der Waals surface area contributed by atoms with E-state index in [0.717, 1.165) is 5.56 Å². The fraction of sp³-hybridized carbons (Fsp3) is 0.500. The van der Waals surface area contributed by atoms with E-state index in [9.17, 15) is 4.79 Å². The molecule has 0 aliphatic rings. The lowest BCUT2D eigenvalue weighted by Gasteiger charge is -1.94. The SMILES string of the molecule is CC.CCCCC.CCOC(=O)C=Cc1ccccc1. The van der Waals surface area contributed by atoms with Crippen molar-refractivity contribution in [1.29, 1.82) is 0 Å². The molecule has 0 bridgehead atoms. The number of hydrogen-bond acceptors (Lipinski definition) is 2. The summed E-state index contributed by atoms with van der Waals surface area (Å²) in [6.07, 6.45) is 7.24. The van der Waals surface area contributed by atoms with E-state index in [-0.39, 0.29) is 5.97 Å². The molecule has 114 valence electrons. The molecular formula is C18H30O2. The summed E-state index contributed by atoms with van der Waals surface area (Å²) in [5, 5.41) is 0. The molecule has 0 saturated carbocycles. The minimum absolute atomic E-state index is 0.300. The fourth-order valence-corrected chi connectivity index (χ4v) is 1.27. The van der Waals surface area contributed by atoms with Crippen LogP contribution < -0.4 is 0 Å². The minimum atomic E-state index is -0.300. The molecule has 2 nitrogen and oxygen atoms in total. The Morgan fingerprint density at radius 2 is 1.60 bits per heavy atom. The zero-order chi connectivity index (χ0) is 15.6. The van der Waals surface area contributed by atoms with Crippen molar-refractivity contribution in [3.8, 4) is 0 Å². The van der Waals surface area contributed by atoms with E-state index in [4.69, 9.17) is 4.74 Å². The molecule has 0 saturated heterocycles. The Kier molecular flexibility index (Phi) is 18.1. The topological polar surface area (TPSA) is 26.3 Å². The third kappa shape index (κ3) is 14.5. The van der Waals surface area contributed by atoms with Crippen molar-refractivity contribution in [2.75, 3.05) is 6.61 Å². The Bertz CT molecular complexity index is 327. The lowest BCUT2D eigenvalue weighted by atomic mass is 10.2. The Morgan fingerprint density at radius 3 is 2.00 bits per heavy atom. The van der Waals surface area contributed by atoms with Crippen LogP contribution in [0.3, 0.4) is 0 Å². The number of benzene rings is 1. The van der Waals surface area contributed by atoms with Crippen LogP contribution in [-0.2, 0) is 9.53 Å². The fourth-order valence-electron chi connectivity index (χ4n) is 1.27. The number of rotatable bonds is 5. The molecule has 0 spiro atoms. The lowest BCUT2D eigenvalue weighted by molar-refractivity contribution is -0.137. The van der Waals surface area contributed by atoms with E-state index in [2.05, 4.69) is 13.8 Å². The van der Waals surface area contributed by atoms with Gasteiger partial charge >= 0.3 is 5.97 Å². The highest BCUT2D eigenvalue weighted by atomic mass is 16.5. The standard InChI is InChI=1S/C11H12O2.C5H12.C2H6/c1-2-13-11(12)9-8-10-6-4-3-5-7-10;1-3-5-4-2;1-2/h3-9H,2H2,1H3;3-5H2,1-2H3;1-2H3. The third-order valence-electron chi connectivity index (χ3n) is 2.21. The van der Waals surface area contributed by atoms with Crippen molar-refractivity contribution in [2.45, 2.75) is 53.9 Å². The molecule has 1 rings (SSSR count). The zero-order valence-corrected chi connectivity index (χ0v) is 13.7. The molecule has 0 unspecified atom stereocenters. The second-order valence-corrected chi connectivity index (χ2v) is 3.85. The number of carbonyl (C=O) groups excluding carboxylic acids is 1. The first-order chi connectivity index (χ1) is 9.74. The van der Waals surface area contributed by atoms with Gasteiger partial charge in [-0.2, -0.15) is 0 Å². The van der Waals surface area contributed by atoms with Crippen molar-refractivity contribution >= 4 is 12.0 Å². The maximum atomic E-state index is 10.9. The lowest BCUT2D eigenvalue weighted by Crippen LogP contribution is -1.98. The highest BCUT2D eigenvalue weighted by Crippen LogP contribution is 2.00. The molecule has 0 N–H and O–H groups in total. The maximum Gasteiger partial charge on any atom is 0.330 e. The monoisotopic (exact) mass is 278 g/mol. The Hall–Kier alpha value is -1.57. The summed E-state index contributed by atoms with van der Waals surface area (Å²) in [6.45, 7) is 10.6. The van der Waals surface area contributed by atoms with Crippen LogP contribution in [0.25, 0.3) is 6.08 Å². The summed E-state index contributed by atoms with van der Waals surface area (Å²) in [5.41, 5.74) is 0.996. The summed E-state index contributed by atoms with van der Waals surface area (Å²) in [6, 6.07) is 9.63. The first kappa shape index (κ1) is 20.7. The average Bonchev–Trinajstić information content (AvgIpc) is 2.50. The Balaban J connectivity index is 0. The second kappa shape index (κ2) is 17.4. The van der Waals surface area contributed by atoms with Crippen molar-refractivity contribution in [3.63, 3.8) is 0 Å². The van der Waals surface area contributed by atoms with E-state index in [1.54, 1.807) is 13.0 Å². The van der Waals surface area contributed by atoms with Crippen molar-refractivity contribution in [1.82, 2.24) is 0 Å². The van der Waals surface area contributed by atoms with Crippen LogP contribution >= 0.6 is 0 Å². The third-order valence-corrected chi connectivity index (χ3v) is 2.21. The van der Waals surface area contributed by atoms with Gasteiger partial charge < -0.3 is 4.74 Å². The van der Waals surface area contributed by atoms with Gasteiger partial charge in [-0.3, -0.25) is 0 Å². The van der Waals surface area contributed by atoms with Crippen molar-refractivity contribution < 1.29 is 9.53 Å². The van der Waals surface area contributed by atoms with Crippen LogP contribution in [0.2, 0.25) is 0 Å². The first-order valence-corrected chi connectivity index (χ1v) is 7.64. The van der Waals surface area contributed by atoms with Crippen LogP contribution in [0.5, 0.6) is 0 Å². The van der Waals surface area contributed by atoms with Crippen LogP contribution in [0, 0.1) is 0 Å². The van der Waals surface area contributed by atoms with Gasteiger partial charge in [-0.15, -0.1) is 0 Å². The molecule has 2 heteroatoms. The van der Waals surface area contributed by atoms with E-state index in [1.165, 1.54) is 25.3 Å². The number of ether oxygens (including phenoxy) is 1. The molecular weight excluding hydrogens is 248 g/mol. The molecule has 20 heavy (non-hydrogen) atoms. The van der Waals surface area contributed by atoms with Gasteiger partial charge in [-0.1, -0.05) is 77.3 Å². The van der Waals surface area contributed by atoms with Gasteiger partial charge in [-0.05, 0) is 18.6 Å². The quantitative estimate of drug-likeness (QED) is 0.526. The highest BCUT2D eigenvalue weighted by molar-refractivity contribution is 5.86. The van der Waals surface area contributed by atoms with E-state index >= 15 is 0 Å². The van der Waals surface area contributed by atoms with Crippen LogP contribution in [0.4, 0.5) is 0 Å². The van der Waals surface area contributed by atoms with Gasteiger partial charge in [-0.25, -0.2) is 4.79 Å². The smallest absolute Gasteiger partial charge is 0.330 e. The summed E-state index contributed by atoms with van der Waals surface area (Å²) in [5.74, 6) is -0.300. The number of hydrogen-bond donors (Lipinski definition) is 0. The number of carbonyl (C=O) groups is 1. The largest absolute Gasteiger partial charge is 0.463 e. The summed E-state index contributed by atoms with van der Waals surface area (Å²) >= 11 is 0. The molecule has 0 heterocycles. The molecule has 0 aromatic heterocycles. The molecule has 1 aromatic carbocycles. The minimum Gasteiger partial charge on any atom is -0.463 e. The number of unbranched alkanes of at least 4 members (excludes halogenated alkanes) is 2. The Labute approximate surface area is 124 Å². The second-order valence-electron chi connectivity index (χ2n) is 3.85. The zero-order valence-electron chi connectivity index (χ0n) is 13.7. The van der Waals surface area contributed by atoms with Gasteiger partial charge in [0.05, 0.1) is 6.61 Å². The normalized spacial score (nSPS) is 9.05. The number of esters is 1. The molecule has 0 fully saturated rings. The van der Waals surface area contributed by atoms with Gasteiger partial charge in [0.1, 0.15) is 0 Å².